The van der Waals surface area contributed by atoms with Gasteiger partial charge in [0.1, 0.15) is 0 Å². The molecule has 1 aromatic rings. The van der Waals surface area contributed by atoms with Crippen LogP contribution in [-0.2, 0) is 11.3 Å². The van der Waals surface area contributed by atoms with Crippen molar-refractivity contribution in [1.82, 2.24) is 9.55 Å². The molecule has 1 fully saturated rings. The summed E-state index contributed by atoms with van der Waals surface area (Å²) in [5.41, 5.74) is -0.248. The van der Waals surface area contributed by atoms with Gasteiger partial charge in [-0.25, -0.2) is 4.98 Å². The maximum Gasteiger partial charge on any atom is 0.288 e. The zero-order valence-corrected chi connectivity index (χ0v) is 9.28. The molecule has 2 heterocycles. The highest BCUT2D eigenvalue weighted by atomic mass is 35.5. The fourth-order valence-corrected chi connectivity index (χ4v) is 1.97. The van der Waals surface area contributed by atoms with Crippen LogP contribution in [-0.4, -0.2) is 21.8 Å². The van der Waals surface area contributed by atoms with Gasteiger partial charge in [-0.1, -0.05) is 11.6 Å². The summed E-state index contributed by atoms with van der Waals surface area (Å²) in [6.07, 6.45) is 5.63. The summed E-state index contributed by atoms with van der Waals surface area (Å²) in [7, 11) is 0. The van der Waals surface area contributed by atoms with Crippen molar-refractivity contribution in [1.29, 1.82) is 0 Å². The van der Waals surface area contributed by atoms with Crippen molar-refractivity contribution < 1.29 is 4.74 Å². The predicted molar refractivity (Wildman–Crippen MR) is 57.1 cm³/mol. The highest BCUT2D eigenvalue weighted by Gasteiger charge is 2.22. The quantitative estimate of drug-likeness (QED) is 0.770. The second-order valence-electron chi connectivity index (χ2n) is 3.82. The zero-order chi connectivity index (χ0) is 10.8. The molecule has 15 heavy (non-hydrogen) atoms. The lowest BCUT2D eigenvalue weighted by atomic mass is 10.2. The van der Waals surface area contributed by atoms with E-state index in [0.717, 1.165) is 12.8 Å². The van der Waals surface area contributed by atoms with Gasteiger partial charge in [0.05, 0.1) is 18.8 Å². The normalized spacial score (nSPS) is 25.7. The van der Waals surface area contributed by atoms with Crippen molar-refractivity contribution in [2.24, 2.45) is 0 Å². The zero-order valence-electron chi connectivity index (χ0n) is 8.52. The summed E-state index contributed by atoms with van der Waals surface area (Å²) in [6, 6.07) is 0. The molecule has 0 bridgehead atoms. The van der Waals surface area contributed by atoms with Gasteiger partial charge >= 0.3 is 0 Å². The lowest BCUT2D eigenvalue weighted by Crippen LogP contribution is -2.27. The smallest absolute Gasteiger partial charge is 0.288 e. The lowest BCUT2D eigenvalue weighted by molar-refractivity contribution is 0.0451. The topological polar surface area (TPSA) is 44.1 Å². The third-order valence-corrected chi connectivity index (χ3v) is 2.85. The second-order valence-corrected chi connectivity index (χ2v) is 4.18. The molecule has 82 valence electrons. The van der Waals surface area contributed by atoms with Crippen LogP contribution in [0.5, 0.6) is 0 Å². The van der Waals surface area contributed by atoms with Gasteiger partial charge in [-0.2, -0.15) is 0 Å². The molecule has 0 amide bonds. The minimum absolute atomic E-state index is 0.0172. The van der Waals surface area contributed by atoms with Gasteiger partial charge in [0.2, 0.25) is 0 Å². The number of hydrogen-bond acceptors (Lipinski definition) is 3. The molecule has 5 heteroatoms. The fourth-order valence-electron chi connectivity index (χ4n) is 1.80. The Kier molecular flexibility index (Phi) is 3.07. The summed E-state index contributed by atoms with van der Waals surface area (Å²) in [4.78, 5) is 15.3. The molecule has 1 aliphatic heterocycles. The van der Waals surface area contributed by atoms with E-state index in [9.17, 15) is 4.79 Å². The Bertz CT molecular complexity index is 405. The first kappa shape index (κ1) is 10.6. The van der Waals surface area contributed by atoms with Gasteiger partial charge in [0, 0.05) is 12.4 Å². The van der Waals surface area contributed by atoms with Crippen molar-refractivity contribution in [3.63, 3.8) is 0 Å². The van der Waals surface area contributed by atoms with E-state index < -0.39 is 0 Å². The van der Waals surface area contributed by atoms with E-state index in [-0.39, 0.29) is 16.8 Å². The molecule has 1 saturated heterocycles. The molecule has 2 rings (SSSR count). The molecule has 1 aromatic heterocycles. The molecule has 0 aromatic carbocycles. The van der Waals surface area contributed by atoms with Crippen molar-refractivity contribution in [2.75, 3.05) is 0 Å². The second kappa shape index (κ2) is 4.33. The van der Waals surface area contributed by atoms with Gasteiger partial charge in [-0.3, -0.25) is 4.79 Å². The van der Waals surface area contributed by atoms with Gasteiger partial charge in [-0.15, -0.1) is 0 Å². The van der Waals surface area contributed by atoms with E-state index in [1.165, 1.54) is 6.20 Å². The Morgan fingerprint density at radius 2 is 2.47 bits per heavy atom. The van der Waals surface area contributed by atoms with Crippen LogP contribution < -0.4 is 5.56 Å². The summed E-state index contributed by atoms with van der Waals surface area (Å²) >= 11 is 5.64. The Hall–Kier alpha value is -0.870. The van der Waals surface area contributed by atoms with Crippen LogP contribution in [0.1, 0.15) is 19.8 Å². The molecule has 0 spiro atoms. The van der Waals surface area contributed by atoms with Gasteiger partial charge in [0.15, 0.2) is 5.15 Å². The number of aromatic nitrogens is 2. The fraction of sp³-hybridized carbons (Fsp3) is 0.600. The molecular weight excluding hydrogens is 216 g/mol. The largest absolute Gasteiger partial charge is 0.373 e. The summed E-state index contributed by atoms with van der Waals surface area (Å²) in [5, 5.41) is 0.0172. The number of hydrogen-bond donors (Lipinski definition) is 0. The number of nitrogens with zero attached hydrogens (tertiary/aromatic N) is 2. The molecular formula is C10H13ClN2O2. The monoisotopic (exact) mass is 228 g/mol. The third kappa shape index (κ3) is 2.38. The van der Waals surface area contributed by atoms with E-state index in [4.69, 9.17) is 16.3 Å². The highest BCUT2D eigenvalue weighted by molar-refractivity contribution is 6.29. The van der Waals surface area contributed by atoms with E-state index in [0.29, 0.717) is 12.6 Å². The van der Waals surface area contributed by atoms with Crippen molar-refractivity contribution in [3.05, 3.63) is 27.9 Å². The van der Waals surface area contributed by atoms with Crippen LogP contribution in [0.3, 0.4) is 0 Å². The molecule has 0 saturated carbocycles. The van der Waals surface area contributed by atoms with Gasteiger partial charge < -0.3 is 9.30 Å². The lowest BCUT2D eigenvalue weighted by Gasteiger charge is -2.12. The first-order valence-electron chi connectivity index (χ1n) is 5.03. The van der Waals surface area contributed by atoms with Crippen LogP contribution in [0.2, 0.25) is 5.15 Å². The molecule has 0 radical (unpaired) electrons. The molecule has 1 aliphatic rings. The van der Waals surface area contributed by atoms with Crippen molar-refractivity contribution in [2.45, 2.75) is 38.5 Å². The van der Waals surface area contributed by atoms with Crippen LogP contribution in [0, 0.1) is 0 Å². The van der Waals surface area contributed by atoms with Crippen molar-refractivity contribution >= 4 is 11.6 Å². The van der Waals surface area contributed by atoms with E-state index in [1.807, 2.05) is 6.92 Å². The molecule has 0 N–H and O–H groups in total. The van der Waals surface area contributed by atoms with Crippen LogP contribution >= 0.6 is 11.6 Å². The molecule has 4 nitrogen and oxygen atoms in total. The molecule has 0 aliphatic carbocycles. The maximum atomic E-state index is 11.6. The Balaban J connectivity index is 2.11. The Labute approximate surface area is 92.8 Å². The first-order chi connectivity index (χ1) is 7.16. The van der Waals surface area contributed by atoms with Crippen molar-refractivity contribution in [3.8, 4) is 0 Å². The summed E-state index contributed by atoms with van der Waals surface area (Å²) < 4.78 is 7.19. The van der Waals surface area contributed by atoms with Gasteiger partial charge in [0.25, 0.3) is 5.56 Å². The first-order valence-corrected chi connectivity index (χ1v) is 5.41. The average Bonchev–Trinajstić information content (AvgIpc) is 2.59. The maximum absolute atomic E-state index is 11.6. The average molecular weight is 229 g/mol. The van der Waals surface area contributed by atoms with E-state index in [2.05, 4.69) is 4.98 Å². The van der Waals surface area contributed by atoms with Crippen LogP contribution in [0.15, 0.2) is 17.2 Å². The molecule has 2 unspecified atom stereocenters. The standard InChI is InChI=1S/C10H13ClN2O2/c1-7-2-3-8(15-7)6-13-5-4-12-9(11)10(13)14/h4-5,7-8H,2-3,6H2,1H3. The minimum atomic E-state index is -0.248. The Morgan fingerprint density at radius 3 is 3.13 bits per heavy atom. The summed E-state index contributed by atoms with van der Waals surface area (Å²) in [6.45, 7) is 2.60. The number of rotatable bonds is 2. The number of ether oxygens (including phenoxy) is 1. The number of halogens is 1. The van der Waals surface area contributed by atoms with E-state index in [1.54, 1.807) is 10.8 Å². The SMILES string of the molecule is CC1CCC(Cn2ccnc(Cl)c2=O)O1. The molecule has 2 atom stereocenters. The van der Waals surface area contributed by atoms with Crippen LogP contribution in [0.4, 0.5) is 0 Å². The van der Waals surface area contributed by atoms with E-state index >= 15 is 0 Å². The van der Waals surface area contributed by atoms with Gasteiger partial charge in [-0.05, 0) is 19.8 Å². The third-order valence-electron chi connectivity index (χ3n) is 2.59. The summed E-state index contributed by atoms with van der Waals surface area (Å²) in [5.74, 6) is 0. The minimum Gasteiger partial charge on any atom is -0.373 e. The predicted octanol–water partition coefficient (Wildman–Crippen LogP) is 1.46. The highest BCUT2D eigenvalue weighted by Crippen LogP contribution is 2.19. The Morgan fingerprint density at radius 1 is 1.67 bits per heavy atom. The van der Waals surface area contributed by atoms with Crippen LogP contribution in [0.25, 0.3) is 0 Å².